The zero-order valence-corrected chi connectivity index (χ0v) is 18.6. The average Bonchev–Trinajstić information content (AvgIpc) is 3.33. The molecular formula is C24H22N4O5. The molecular weight excluding hydrogens is 424 g/mol. The van der Waals surface area contributed by atoms with E-state index in [1.807, 2.05) is 25.1 Å². The third kappa shape index (κ3) is 4.47. The molecule has 1 N–H and O–H groups in total. The first-order valence-corrected chi connectivity index (χ1v) is 10.0. The summed E-state index contributed by atoms with van der Waals surface area (Å²) in [6, 6.07) is 14.1. The highest BCUT2D eigenvalue weighted by molar-refractivity contribution is 6.06. The lowest BCUT2D eigenvalue weighted by atomic mass is 10.1. The Hall–Kier alpha value is -4.40. The molecule has 168 valence electrons. The van der Waals surface area contributed by atoms with E-state index in [4.69, 9.17) is 18.7 Å². The van der Waals surface area contributed by atoms with Gasteiger partial charge in [0.25, 0.3) is 11.8 Å². The summed E-state index contributed by atoms with van der Waals surface area (Å²) in [5.74, 6) is 1.46. The van der Waals surface area contributed by atoms with E-state index in [9.17, 15) is 4.79 Å². The Morgan fingerprint density at radius 2 is 1.70 bits per heavy atom. The molecule has 2 heterocycles. The maximum absolute atomic E-state index is 13.1. The number of amides is 1. The van der Waals surface area contributed by atoms with Gasteiger partial charge >= 0.3 is 0 Å². The van der Waals surface area contributed by atoms with Crippen molar-refractivity contribution in [3.05, 3.63) is 66.0 Å². The maximum Gasteiger partial charge on any atom is 0.260 e. The molecule has 0 spiro atoms. The van der Waals surface area contributed by atoms with Gasteiger partial charge in [0.15, 0.2) is 11.5 Å². The Kier molecular flexibility index (Phi) is 6.21. The lowest BCUT2D eigenvalue weighted by Crippen LogP contribution is -2.13. The smallest absolute Gasteiger partial charge is 0.260 e. The topological polar surface area (TPSA) is 109 Å². The number of aryl methyl sites for hydroxylation is 1. The number of nitrogens with one attached hydrogen (secondary N) is 1. The highest BCUT2D eigenvalue weighted by atomic mass is 16.5. The van der Waals surface area contributed by atoms with Crippen molar-refractivity contribution in [2.24, 2.45) is 0 Å². The van der Waals surface area contributed by atoms with E-state index in [1.54, 1.807) is 36.5 Å². The molecule has 0 fully saturated rings. The molecule has 0 unspecified atom stereocenters. The van der Waals surface area contributed by atoms with Gasteiger partial charge in [0.2, 0.25) is 11.6 Å². The van der Waals surface area contributed by atoms with E-state index in [-0.39, 0.29) is 11.8 Å². The molecule has 33 heavy (non-hydrogen) atoms. The van der Waals surface area contributed by atoms with Gasteiger partial charge in [-0.3, -0.25) is 9.78 Å². The zero-order chi connectivity index (χ0) is 23.4. The quantitative estimate of drug-likeness (QED) is 0.445. The Morgan fingerprint density at radius 1 is 0.970 bits per heavy atom. The van der Waals surface area contributed by atoms with E-state index >= 15 is 0 Å². The first-order valence-electron chi connectivity index (χ1n) is 10.0. The van der Waals surface area contributed by atoms with Crippen LogP contribution >= 0.6 is 0 Å². The van der Waals surface area contributed by atoms with E-state index in [0.29, 0.717) is 39.9 Å². The molecule has 1 amide bonds. The fourth-order valence-electron chi connectivity index (χ4n) is 3.24. The van der Waals surface area contributed by atoms with Gasteiger partial charge in [0, 0.05) is 23.0 Å². The Labute approximate surface area is 190 Å². The van der Waals surface area contributed by atoms with Crippen molar-refractivity contribution in [1.82, 2.24) is 15.1 Å². The minimum absolute atomic E-state index is 0.270. The molecule has 9 nitrogen and oxygen atoms in total. The molecule has 0 saturated carbocycles. The first-order chi connectivity index (χ1) is 16.0. The van der Waals surface area contributed by atoms with Gasteiger partial charge in [-0.15, -0.1) is 0 Å². The van der Waals surface area contributed by atoms with E-state index in [0.717, 1.165) is 11.3 Å². The van der Waals surface area contributed by atoms with Crippen LogP contribution in [0, 0.1) is 6.92 Å². The molecule has 0 aliphatic rings. The van der Waals surface area contributed by atoms with Crippen LogP contribution in [0.3, 0.4) is 0 Å². The number of nitrogens with zero attached hydrogens (tertiary/aromatic N) is 3. The molecule has 4 rings (SSSR count). The Balaban J connectivity index is 1.64. The van der Waals surface area contributed by atoms with Crippen molar-refractivity contribution in [2.75, 3.05) is 26.6 Å². The van der Waals surface area contributed by atoms with Crippen LogP contribution in [-0.2, 0) is 0 Å². The Bertz CT molecular complexity index is 1260. The third-order valence-electron chi connectivity index (χ3n) is 4.93. The standard InChI is InChI=1S/C24H22N4O5/c1-14-9-10-15(13-25-14)22-27-24(33-28-22)17-7-5-6-8-18(17)26-23(29)16-11-19(30-2)21(32-4)20(12-16)31-3/h5-13H,1-4H3,(H,26,29). The number of benzene rings is 2. The van der Waals surface area contributed by atoms with E-state index < -0.39 is 0 Å². The van der Waals surface area contributed by atoms with Gasteiger partial charge in [-0.25, -0.2) is 0 Å². The number of hydrogen-bond donors (Lipinski definition) is 1. The molecule has 0 aliphatic heterocycles. The summed E-state index contributed by atoms with van der Waals surface area (Å²) < 4.78 is 21.5. The van der Waals surface area contributed by atoms with Crippen LogP contribution in [0.1, 0.15) is 16.1 Å². The summed E-state index contributed by atoms with van der Waals surface area (Å²) in [4.78, 5) is 21.8. The van der Waals surface area contributed by atoms with Crippen molar-refractivity contribution >= 4 is 11.6 Å². The molecule has 2 aromatic heterocycles. The molecule has 4 aromatic rings. The van der Waals surface area contributed by atoms with E-state index in [2.05, 4.69) is 20.4 Å². The number of carbonyl (C=O) groups excluding carboxylic acids is 1. The predicted molar refractivity (Wildman–Crippen MR) is 122 cm³/mol. The predicted octanol–water partition coefficient (Wildman–Crippen LogP) is 4.39. The lowest BCUT2D eigenvalue weighted by molar-refractivity contribution is 0.102. The second-order valence-electron chi connectivity index (χ2n) is 7.03. The van der Waals surface area contributed by atoms with Crippen LogP contribution < -0.4 is 19.5 Å². The molecule has 0 bridgehead atoms. The number of anilines is 1. The van der Waals surface area contributed by atoms with Crippen molar-refractivity contribution in [1.29, 1.82) is 0 Å². The fraction of sp³-hybridized carbons (Fsp3) is 0.167. The summed E-state index contributed by atoms with van der Waals surface area (Å²) in [7, 11) is 4.48. The van der Waals surface area contributed by atoms with Crippen molar-refractivity contribution in [3.8, 4) is 40.1 Å². The van der Waals surface area contributed by atoms with Crippen LogP contribution in [0.4, 0.5) is 5.69 Å². The maximum atomic E-state index is 13.1. The number of rotatable bonds is 7. The number of para-hydroxylation sites is 1. The number of aromatic nitrogens is 3. The van der Waals surface area contributed by atoms with Gasteiger partial charge in [-0.05, 0) is 43.3 Å². The molecule has 9 heteroatoms. The summed E-state index contributed by atoms with van der Waals surface area (Å²) in [5, 5.41) is 6.94. The minimum atomic E-state index is -0.371. The number of carbonyl (C=O) groups is 1. The van der Waals surface area contributed by atoms with Crippen LogP contribution in [0.25, 0.3) is 22.8 Å². The van der Waals surface area contributed by atoms with Crippen LogP contribution in [0.5, 0.6) is 17.2 Å². The van der Waals surface area contributed by atoms with Gasteiger partial charge in [-0.2, -0.15) is 4.98 Å². The second kappa shape index (κ2) is 9.39. The van der Waals surface area contributed by atoms with Crippen LogP contribution in [-0.4, -0.2) is 42.4 Å². The molecule has 0 aliphatic carbocycles. The SMILES string of the molecule is COc1cc(C(=O)Nc2ccccc2-c2nc(-c3ccc(C)nc3)no2)cc(OC)c1OC. The summed E-state index contributed by atoms with van der Waals surface area (Å²) in [5.41, 5.74) is 3.04. The van der Waals surface area contributed by atoms with Gasteiger partial charge in [0.05, 0.1) is 32.6 Å². The molecule has 2 aromatic carbocycles. The summed E-state index contributed by atoms with van der Waals surface area (Å²) in [6.07, 6.45) is 1.68. The number of hydrogen-bond acceptors (Lipinski definition) is 8. The van der Waals surface area contributed by atoms with Gasteiger partial charge in [0.1, 0.15) is 0 Å². The summed E-state index contributed by atoms with van der Waals surface area (Å²) >= 11 is 0. The highest BCUT2D eigenvalue weighted by Gasteiger charge is 2.19. The number of methoxy groups -OCH3 is 3. The highest BCUT2D eigenvalue weighted by Crippen LogP contribution is 2.38. The first kappa shape index (κ1) is 21.8. The van der Waals surface area contributed by atoms with Crippen molar-refractivity contribution in [3.63, 3.8) is 0 Å². The molecule has 0 radical (unpaired) electrons. The molecule has 0 saturated heterocycles. The molecule has 0 atom stereocenters. The minimum Gasteiger partial charge on any atom is -0.493 e. The van der Waals surface area contributed by atoms with Crippen molar-refractivity contribution in [2.45, 2.75) is 6.92 Å². The van der Waals surface area contributed by atoms with Crippen LogP contribution in [0.15, 0.2) is 59.3 Å². The van der Waals surface area contributed by atoms with Gasteiger partial charge in [-0.1, -0.05) is 17.3 Å². The van der Waals surface area contributed by atoms with Crippen molar-refractivity contribution < 1.29 is 23.5 Å². The zero-order valence-electron chi connectivity index (χ0n) is 18.6. The second-order valence-corrected chi connectivity index (χ2v) is 7.03. The van der Waals surface area contributed by atoms with Crippen LogP contribution in [0.2, 0.25) is 0 Å². The lowest BCUT2D eigenvalue weighted by Gasteiger charge is -2.14. The fourth-order valence-corrected chi connectivity index (χ4v) is 3.24. The third-order valence-corrected chi connectivity index (χ3v) is 4.93. The van der Waals surface area contributed by atoms with Gasteiger partial charge < -0.3 is 24.1 Å². The number of pyridine rings is 1. The average molecular weight is 446 g/mol. The summed E-state index contributed by atoms with van der Waals surface area (Å²) in [6.45, 7) is 1.90. The number of ether oxygens (including phenoxy) is 3. The Morgan fingerprint density at radius 3 is 2.33 bits per heavy atom. The van der Waals surface area contributed by atoms with E-state index in [1.165, 1.54) is 21.3 Å². The normalized spacial score (nSPS) is 10.5. The monoisotopic (exact) mass is 446 g/mol. The largest absolute Gasteiger partial charge is 0.493 e.